The second kappa shape index (κ2) is 5.13. The minimum Gasteiger partial charge on any atom is -0.310 e. The molecule has 106 valence electrons. The molecule has 2 fully saturated rings. The van der Waals surface area contributed by atoms with Gasteiger partial charge in [-0.25, -0.2) is 0 Å². The molecule has 2 heteroatoms. The van der Waals surface area contributed by atoms with Crippen LogP contribution in [0.3, 0.4) is 0 Å². The fourth-order valence-corrected chi connectivity index (χ4v) is 3.17. The van der Waals surface area contributed by atoms with Crippen LogP contribution in [0.25, 0.3) is 0 Å². The Kier molecular flexibility index (Phi) is 4.08. The van der Waals surface area contributed by atoms with E-state index in [1.807, 2.05) is 0 Å². The topological polar surface area (TPSA) is 15.3 Å². The number of nitrogens with zero attached hydrogens (tertiary/aromatic N) is 1. The predicted molar refractivity (Wildman–Crippen MR) is 78.9 cm³/mol. The van der Waals surface area contributed by atoms with Gasteiger partial charge >= 0.3 is 0 Å². The van der Waals surface area contributed by atoms with E-state index in [0.717, 1.165) is 12.5 Å². The van der Waals surface area contributed by atoms with Crippen molar-refractivity contribution < 1.29 is 0 Å². The van der Waals surface area contributed by atoms with Crippen molar-refractivity contribution >= 4 is 0 Å². The van der Waals surface area contributed by atoms with Crippen molar-refractivity contribution in [2.75, 3.05) is 19.6 Å². The van der Waals surface area contributed by atoms with Gasteiger partial charge < -0.3 is 5.32 Å². The number of piperazine rings is 1. The molecule has 2 nitrogen and oxygen atoms in total. The summed E-state index contributed by atoms with van der Waals surface area (Å²) < 4.78 is 0. The normalized spacial score (nSPS) is 35.5. The predicted octanol–water partition coefficient (Wildman–Crippen LogP) is 3.28. The summed E-state index contributed by atoms with van der Waals surface area (Å²) in [5, 5.41) is 3.80. The van der Waals surface area contributed by atoms with Crippen molar-refractivity contribution in [1.29, 1.82) is 0 Å². The van der Waals surface area contributed by atoms with Crippen LogP contribution in [0.1, 0.15) is 60.3 Å². The molecular formula is C16H32N2. The summed E-state index contributed by atoms with van der Waals surface area (Å²) in [4.78, 5) is 2.79. The van der Waals surface area contributed by atoms with Crippen molar-refractivity contribution in [3.8, 4) is 0 Å². The number of hydrogen-bond acceptors (Lipinski definition) is 2. The maximum absolute atomic E-state index is 3.80. The third-order valence-corrected chi connectivity index (χ3v) is 5.41. The number of nitrogens with one attached hydrogen (secondary N) is 1. The Bertz CT molecular complexity index is 277. The molecule has 2 atom stereocenters. The summed E-state index contributed by atoms with van der Waals surface area (Å²) in [6.07, 6.45) is 5.64. The molecule has 0 radical (unpaired) electrons. The molecule has 0 bridgehead atoms. The summed E-state index contributed by atoms with van der Waals surface area (Å²) in [5.41, 5.74) is 0.740. The van der Waals surface area contributed by atoms with E-state index >= 15 is 0 Å². The van der Waals surface area contributed by atoms with Crippen LogP contribution in [-0.4, -0.2) is 36.1 Å². The highest BCUT2D eigenvalue weighted by Gasteiger charge is 2.41. The van der Waals surface area contributed by atoms with Crippen molar-refractivity contribution in [1.82, 2.24) is 10.2 Å². The van der Waals surface area contributed by atoms with Gasteiger partial charge in [0.05, 0.1) is 0 Å². The van der Waals surface area contributed by atoms with Crippen LogP contribution in [0.2, 0.25) is 0 Å². The molecule has 0 amide bonds. The van der Waals surface area contributed by atoms with E-state index < -0.39 is 0 Å². The molecule has 1 aliphatic carbocycles. The highest BCUT2D eigenvalue weighted by Crippen LogP contribution is 2.34. The maximum Gasteiger partial charge on any atom is 0.0304 e. The van der Waals surface area contributed by atoms with E-state index in [0.29, 0.717) is 17.0 Å². The minimum absolute atomic E-state index is 0.368. The highest BCUT2D eigenvalue weighted by atomic mass is 15.3. The smallest absolute Gasteiger partial charge is 0.0304 e. The van der Waals surface area contributed by atoms with Gasteiger partial charge in [-0.15, -0.1) is 0 Å². The summed E-state index contributed by atoms with van der Waals surface area (Å²) in [6.45, 7) is 15.6. The van der Waals surface area contributed by atoms with Crippen molar-refractivity contribution in [3.05, 3.63) is 0 Å². The monoisotopic (exact) mass is 252 g/mol. The Hall–Kier alpha value is -0.0800. The molecule has 0 aromatic heterocycles. The van der Waals surface area contributed by atoms with Crippen LogP contribution in [0.15, 0.2) is 0 Å². The van der Waals surface area contributed by atoms with E-state index in [1.165, 1.54) is 38.8 Å². The van der Waals surface area contributed by atoms with Crippen LogP contribution >= 0.6 is 0 Å². The first-order chi connectivity index (χ1) is 8.35. The van der Waals surface area contributed by atoms with Crippen LogP contribution < -0.4 is 5.32 Å². The van der Waals surface area contributed by atoms with Gasteiger partial charge in [-0.1, -0.05) is 34.1 Å². The highest BCUT2D eigenvalue weighted by molar-refractivity contribution is 4.99. The van der Waals surface area contributed by atoms with E-state index in [2.05, 4.69) is 44.8 Å². The van der Waals surface area contributed by atoms with Gasteiger partial charge in [0.1, 0.15) is 0 Å². The van der Waals surface area contributed by atoms with Gasteiger partial charge in [0.15, 0.2) is 0 Å². The SMILES string of the molecule is CCC1(C)CNC(C(C)(C)C)CN1CC1CCC1. The standard InChI is InChI=1S/C16H32N2/c1-6-16(5)12-17-14(15(2,3)4)11-18(16)10-13-8-7-9-13/h13-14,17H,6-12H2,1-5H3. The third kappa shape index (κ3) is 2.91. The maximum atomic E-state index is 3.80. The molecule has 2 aliphatic rings. The molecule has 0 aromatic carbocycles. The Morgan fingerprint density at radius 1 is 1.28 bits per heavy atom. The minimum atomic E-state index is 0.368. The molecule has 2 unspecified atom stereocenters. The lowest BCUT2D eigenvalue weighted by atomic mass is 9.79. The van der Waals surface area contributed by atoms with Gasteiger partial charge in [0.2, 0.25) is 0 Å². The molecule has 1 saturated carbocycles. The molecule has 18 heavy (non-hydrogen) atoms. The van der Waals surface area contributed by atoms with Gasteiger partial charge in [-0.05, 0) is 37.5 Å². The molecule has 2 rings (SSSR count). The van der Waals surface area contributed by atoms with Crippen molar-refractivity contribution in [2.24, 2.45) is 11.3 Å². The van der Waals surface area contributed by atoms with Gasteiger partial charge in [-0.2, -0.15) is 0 Å². The molecule has 1 saturated heterocycles. The van der Waals surface area contributed by atoms with E-state index in [1.54, 1.807) is 0 Å². The van der Waals surface area contributed by atoms with Crippen LogP contribution in [0, 0.1) is 11.3 Å². The van der Waals surface area contributed by atoms with Crippen LogP contribution in [0.5, 0.6) is 0 Å². The Morgan fingerprint density at radius 2 is 1.94 bits per heavy atom. The van der Waals surface area contributed by atoms with Crippen molar-refractivity contribution in [3.63, 3.8) is 0 Å². The number of rotatable bonds is 3. The average Bonchev–Trinajstić information content (AvgIpc) is 2.24. The second-order valence-corrected chi connectivity index (χ2v) is 7.85. The first-order valence-electron chi connectivity index (χ1n) is 7.83. The molecule has 1 aliphatic heterocycles. The number of hydrogen-bond donors (Lipinski definition) is 1. The fraction of sp³-hybridized carbons (Fsp3) is 1.00. The first kappa shape index (κ1) is 14.3. The van der Waals surface area contributed by atoms with E-state index in [9.17, 15) is 0 Å². The summed E-state index contributed by atoms with van der Waals surface area (Å²) >= 11 is 0. The summed E-state index contributed by atoms with van der Waals surface area (Å²) in [7, 11) is 0. The first-order valence-corrected chi connectivity index (χ1v) is 7.83. The quantitative estimate of drug-likeness (QED) is 0.829. The van der Waals surface area contributed by atoms with E-state index in [-0.39, 0.29) is 0 Å². The van der Waals surface area contributed by atoms with Gasteiger partial charge in [0.25, 0.3) is 0 Å². The third-order valence-electron chi connectivity index (χ3n) is 5.41. The summed E-state index contributed by atoms with van der Waals surface area (Å²) in [6, 6.07) is 0.636. The Balaban J connectivity index is 2.03. The Morgan fingerprint density at radius 3 is 2.39 bits per heavy atom. The fourth-order valence-electron chi connectivity index (χ4n) is 3.17. The van der Waals surface area contributed by atoms with Gasteiger partial charge in [0, 0.05) is 31.2 Å². The van der Waals surface area contributed by atoms with Gasteiger partial charge in [-0.3, -0.25) is 4.90 Å². The molecule has 0 spiro atoms. The zero-order chi connectivity index (χ0) is 13.4. The second-order valence-electron chi connectivity index (χ2n) is 7.85. The van der Waals surface area contributed by atoms with Crippen LogP contribution in [-0.2, 0) is 0 Å². The lowest BCUT2D eigenvalue weighted by Gasteiger charge is -2.52. The average molecular weight is 252 g/mol. The molecule has 0 aromatic rings. The molecule has 1 N–H and O–H groups in total. The van der Waals surface area contributed by atoms with Crippen LogP contribution in [0.4, 0.5) is 0 Å². The Labute approximate surface area is 114 Å². The zero-order valence-electron chi connectivity index (χ0n) is 13.1. The summed E-state index contributed by atoms with van der Waals surface area (Å²) in [5.74, 6) is 0.981. The largest absolute Gasteiger partial charge is 0.310 e. The lowest BCUT2D eigenvalue weighted by Crippen LogP contribution is -2.66. The lowest BCUT2D eigenvalue weighted by molar-refractivity contribution is 0.00154. The molecule has 1 heterocycles. The zero-order valence-corrected chi connectivity index (χ0v) is 13.1. The van der Waals surface area contributed by atoms with E-state index in [4.69, 9.17) is 0 Å². The molecular weight excluding hydrogens is 220 g/mol. The van der Waals surface area contributed by atoms with Crippen molar-refractivity contribution in [2.45, 2.75) is 71.9 Å².